The predicted molar refractivity (Wildman–Crippen MR) is 85.4 cm³/mol. The van der Waals surface area contributed by atoms with Crippen LogP contribution in [-0.2, 0) is 6.54 Å². The van der Waals surface area contributed by atoms with Crippen molar-refractivity contribution in [3.8, 4) is 11.5 Å². The average Bonchev–Trinajstić information content (AvgIpc) is 2.49. The van der Waals surface area contributed by atoms with E-state index in [0.717, 1.165) is 18.7 Å². The van der Waals surface area contributed by atoms with Crippen molar-refractivity contribution >= 4 is 11.6 Å². The molecule has 0 aliphatic carbocycles. The number of halogens is 1. The summed E-state index contributed by atoms with van der Waals surface area (Å²) in [4.78, 5) is 0. The highest BCUT2D eigenvalue weighted by Gasteiger charge is 2.11. The number of rotatable bonds is 11. The molecule has 0 atom stereocenters. The van der Waals surface area contributed by atoms with E-state index >= 15 is 0 Å². The number of ether oxygens (including phenoxy) is 2. The molecule has 0 amide bonds. The first-order chi connectivity index (χ1) is 10.2. The summed E-state index contributed by atoms with van der Waals surface area (Å²) in [6.07, 6.45) is 1.66. The maximum absolute atomic E-state index is 8.65. The van der Waals surface area contributed by atoms with Gasteiger partial charge in [-0.15, -0.1) is 0 Å². The molecule has 0 radical (unpaired) electrons. The third-order valence-electron chi connectivity index (χ3n) is 2.73. The molecule has 0 spiro atoms. The number of aliphatic hydroxyl groups is 1. The molecule has 6 heteroatoms. The minimum absolute atomic E-state index is 0.152. The van der Waals surface area contributed by atoms with E-state index in [1.54, 1.807) is 13.2 Å². The first kappa shape index (κ1) is 17.8. The Morgan fingerprint density at radius 2 is 2.05 bits per heavy atom. The molecule has 5 nitrogen and oxygen atoms in total. The minimum Gasteiger partial charge on any atom is -0.493 e. The van der Waals surface area contributed by atoms with Crippen molar-refractivity contribution in [2.75, 3.05) is 40.0 Å². The van der Waals surface area contributed by atoms with Crippen molar-refractivity contribution in [2.45, 2.75) is 6.54 Å². The van der Waals surface area contributed by atoms with Crippen LogP contribution < -0.4 is 20.1 Å². The summed E-state index contributed by atoms with van der Waals surface area (Å²) in [6, 6.07) is 3.76. The summed E-state index contributed by atoms with van der Waals surface area (Å²) < 4.78 is 10.8. The van der Waals surface area contributed by atoms with Crippen molar-refractivity contribution in [1.82, 2.24) is 10.6 Å². The molecule has 0 aliphatic rings. The zero-order valence-corrected chi connectivity index (χ0v) is 13.1. The maximum atomic E-state index is 8.65. The van der Waals surface area contributed by atoms with E-state index in [1.807, 2.05) is 12.1 Å². The fourth-order valence-corrected chi connectivity index (χ4v) is 2.06. The van der Waals surface area contributed by atoms with Crippen LogP contribution >= 0.6 is 11.6 Å². The maximum Gasteiger partial charge on any atom is 0.180 e. The lowest BCUT2D eigenvalue weighted by Gasteiger charge is -2.13. The van der Waals surface area contributed by atoms with Crippen LogP contribution in [0.5, 0.6) is 11.5 Å². The molecule has 1 aromatic rings. The predicted octanol–water partition coefficient (Wildman–Crippen LogP) is 1.58. The van der Waals surface area contributed by atoms with Crippen LogP contribution in [-0.4, -0.2) is 45.1 Å². The molecule has 1 aromatic carbocycles. The second-order valence-corrected chi connectivity index (χ2v) is 4.77. The lowest BCUT2D eigenvalue weighted by atomic mass is 10.2. The third kappa shape index (κ3) is 6.35. The van der Waals surface area contributed by atoms with Gasteiger partial charge in [0.05, 0.1) is 18.7 Å². The summed E-state index contributed by atoms with van der Waals surface area (Å²) in [5.41, 5.74) is 1.02. The molecular formula is C15H23ClN2O3. The molecule has 3 N–H and O–H groups in total. The highest BCUT2D eigenvalue weighted by atomic mass is 35.5. The van der Waals surface area contributed by atoms with Crippen LogP contribution in [0.2, 0.25) is 5.02 Å². The van der Waals surface area contributed by atoms with Gasteiger partial charge in [-0.1, -0.05) is 24.3 Å². The van der Waals surface area contributed by atoms with Crippen molar-refractivity contribution in [2.24, 2.45) is 0 Å². The highest BCUT2D eigenvalue weighted by molar-refractivity contribution is 6.32. The Hall–Kier alpha value is -1.27. The van der Waals surface area contributed by atoms with E-state index in [0.29, 0.717) is 36.2 Å². The van der Waals surface area contributed by atoms with Crippen LogP contribution in [0.4, 0.5) is 0 Å². The van der Waals surface area contributed by atoms with Gasteiger partial charge >= 0.3 is 0 Å². The van der Waals surface area contributed by atoms with Crippen LogP contribution in [0.3, 0.4) is 0 Å². The van der Waals surface area contributed by atoms with Gasteiger partial charge in [0.15, 0.2) is 11.5 Å². The monoisotopic (exact) mass is 314 g/mol. The Labute approximate surface area is 130 Å². The zero-order chi connectivity index (χ0) is 15.5. The standard InChI is InChI=1S/C15H23ClN2O3/c1-3-8-21-15-13(16)9-12(10-14(15)20-2)11-18-5-4-17-6-7-19/h3,9-10,17-19H,1,4-8,11H2,2H3. The van der Waals surface area contributed by atoms with Gasteiger partial charge in [-0.25, -0.2) is 0 Å². The number of methoxy groups -OCH3 is 1. The molecule has 0 fully saturated rings. The lowest BCUT2D eigenvalue weighted by molar-refractivity contribution is 0.292. The van der Waals surface area contributed by atoms with E-state index in [1.165, 1.54) is 0 Å². The topological polar surface area (TPSA) is 62.8 Å². The molecule has 0 saturated carbocycles. The van der Waals surface area contributed by atoms with E-state index < -0.39 is 0 Å². The summed E-state index contributed by atoms with van der Waals surface area (Å²) >= 11 is 6.22. The average molecular weight is 315 g/mol. The van der Waals surface area contributed by atoms with Gasteiger partial charge in [0, 0.05) is 26.2 Å². The highest BCUT2D eigenvalue weighted by Crippen LogP contribution is 2.36. The Kier molecular flexibility index (Phi) is 8.85. The number of aliphatic hydroxyl groups excluding tert-OH is 1. The number of benzene rings is 1. The zero-order valence-electron chi connectivity index (χ0n) is 12.3. The van der Waals surface area contributed by atoms with Crippen LogP contribution in [0, 0.1) is 0 Å². The molecule has 0 aromatic heterocycles. The Bertz CT molecular complexity index is 441. The minimum atomic E-state index is 0.152. The smallest absolute Gasteiger partial charge is 0.180 e. The normalized spacial score (nSPS) is 10.4. The van der Waals surface area contributed by atoms with E-state index in [2.05, 4.69) is 17.2 Å². The van der Waals surface area contributed by atoms with Crippen molar-refractivity contribution in [1.29, 1.82) is 0 Å². The van der Waals surface area contributed by atoms with Crippen LogP contribution in [0.15, 0.2) is 24.8 Å². The molecule has 0 saturated heterocycles. The molecule has 1 rings (SSSR count). The molecule has 0 bridgehead atoms. The first-order valence-electron chi connectivity index (χ1n) is 6.85. The first-order valence-corrected chi connectivity index (χ1v) is 7.23. The van der Waals surface area contributed by atoms with Crippen molar-refractivity contribution in [3.63, 3.8) is 0 Å². The van der Waals surface area contributed by atoms with Gasteiger partial charge in [0.25, 0.3) is 0 Å². The second-order valence-electron chi connectivity index (χ2n) is 4.36. The third-order valence-corrected chi connectivity index (χ3v) is 3.01. The van der Waals surface area contributed by atoms with Crippen molar-refractivity contribution < 1.29 is 14.6 Å². The fourth-order valence-electron chi connectivity index (χ4n) is 1.77. The SMILES string of the molecule is C=CCOc1c(Cl)cc(CNCCNCCO)cc1OC. The van der Waals surface area contributed by atoms with Crippen molar-refractivity contribution in [3.05, 3.63) is 35.4 Å². The Balaban J connectivity index is 2.55. The summed E-state index contributed by atoms with van der Waals surface area (Å²) in [5, 5.41) is 15.5. The van der Waals surface area contributed by atoms with E-state index in [9.17, 15) is 0 Å². The molecule has 118 valence electrons. The number of nitrogens with one attached hydrogen (secondary N) is 2. The van der Waals surface area contributed by atoms with Gasteiger partial charge in [0.1, 0.15) is 6.61 Å². The lowest BCUT2D eigenvalue weighted by Crippen LogP contribution is -2.28. The second kappa shape index (κ2) is 10.5. The quantitative estimate of drug-likeness (QED) is 0.428. The number of hydrogen-bond donors (Lipinski definition) is 3. The summed E-state index contributed by atoms with van der Waals surface area (Å²) in [6.45, 7) is 7.02. The van der Waals surface area contributed by atoms with Gasteiger partial charge in [-0.3, -0.25) is 0 Å². The largest absolute Gasteiger partial charge is 0.493 e. The molecule has 0 aliphatic heterocycles. The van der Waals surface area contributed by atoms with Gasteiger partial charge in [-0.05, 0) is 17.7 Å². The molecule has 0 heterocycles. The number of hydrogen-bond acceptors (Lipinski definition) is 5. The van der Waals surface area contributed by atoms with Gasteiger partial charge in [0.2, 0.25) is 0 Å². The molecular weight excluding hydrogens is 292 g/mol. The van der Waals surface area contributed by atoms with Crippen LogP contribution in [0.1, 0.15) is 5.56 Å². The summed E-state index contributed by atoms with van der Waals surface area (Å²) in [7, 11) is 1.59. The molecule has 21 heavy (non-hydrogen) atoms. The molecule has 0 unspecified atom stereocenters. The summed E-state index contributed by atoms with van der Waals surface area (Å²) in [5.74, 6) is 1.15. The van der Waals surface area contributed by atoms with E-state index in [-0.39, 0.29) is 6.61 Å². The van der Waals surface area contributed by atoms with Crippen LogP contribution in [0.25, 0.3) is 0 Å². The fraction of sp³-hybridized carbons (Fsp3) is 0.467. The van der Waals surface area contributed by atoms with Gasteiger partial charge < -0.3 is 25.2 Å². The Morgan fingerprint density at radius 1 is 1.29 bits per heavy atom. The Morgan fingerprint density at radius 3 is 2.71 bits per heavy atom. The van der Waals surface area contributed by atoms with Gasteiger partial charge in [-0.2, -0.15) is 0 Å². The van der Waals surface area contributed by atoms with E-state index in [4.69, 9.17) is 26.2 Å².